The fraction of sp³-hybridized carbons (Fsp3) is 0.583. The van der Waals surface area contributed by atoms with E-state index in [9.17, 15) is 4.79 Å². The van der Waals surface area contributed by atoms with E-state index in [2.05, 4.69) is 42.0 Å². The lowest BCUT2D eigenvalue weighted by Crippen LogP contribution is -2.34. The van der Waals surface area contributed by atoms with Crippen LogP contribution in [0.1, 0.15) is 31.2 Å². The Hall–Kier alpha value is -0.870. The smallest absolute Gasteiger partial charge is 0.233 e. The Morgan fingerprint density at radius 2 is 2.25 bits per heavy atom. The maximum atomic E-state index is 11.2. The molecule has 1 rings (SSSR count). The van der Waals surface area contributed by atoms with E-state index in [0.717, 1.165) is 6.42 Å². The first kappa shape index (κ1) is 13.2. The molecule has 16 heavy (non-hydrogen) atoms. The minimum Gasteiger partial charge on any atom is -0.358 e. The summed E-state index contributed by atoms with van der Waals surface area (Å²) in [7, 11) is 1.66. The van der Waals surface area contributed by atoms with E-state index < -0.39 is 0 Å². The van der Waals surface area contributed by atoms with E-state index in [0.29, 0.717) is 12.5 Å². The van der Waals surface area contributed by atoms with Crippen molar-refractivity contribution in [2.24, 2.45) is 5.92 Å². The average molecular weight is 240 g/mol. The first-order valence-electron chi connectivity index (χ1n) is 5.60. The minimum atomic E-state index is 0.0327. The summed E-state index contributed by atoms with van der Waals surface area (Å²) >= 11 is 1.74. The van der Waals surface area contributed by atoms with Gasteiger partial charge < -0.3 is 10.6 Å². The van der Waals surface area contributed by atoms with Gasteiger partial charge in [-0.25, -0.2) is 0 Å². The fourth-order valence-corrected chi connectivity index (χ4v) is 2.38. The second kappa shape index (κ2) is 6.66. The first-order valence-corrected chi connectivity index (χ1v) is 6.48. The molecule has 0 fully saturated rings. The maximum Gasteiger partial charge on any atom is 0.233 e. The van der Waals surface area contributed by atoms with Crippen LogP contribution in [0.15, 0.2) is 17.5 Å². The van der Waals surface area contributed by atoms with Crippen LogP contribution >= 0.6 is 11.3 Å². The van der Waals surface area contributed by atoms with E-state index in [1.807, 2.05) is 0 Å². The van der Waals surface area contributed by atoms with Crippen molar-refractivity contribution >= 4 is 17.2 Å². The lowest BCUT2D eigenvalue weighted by Gasteiger charge is -2.19. The van der Waals surface area contributed by atoms with E-state index in [1.54, 1.807) is 18.4 Å². The highest BCUT2D eigenvalue weighted by atomic mass is 32.1. The van der Waals surface area contributed by atoms with Crippen molar-refractivity contribution in [2.75, 3.05) is 13.6 Å². The highest BCUT2D eigenvalue weighted by Crippen LogP contribution is 2.24. The summed E-state index contributed by atoms with van der Waals surface area (Å²) in [5, 5.41) is 8.00. The largest absolute Gasteiger partial charge is 0.358 e. The molecule has 1 amide bonds. The zero-order valence-corrected chi connectivity index (χ0v) is 10.9. The van der Waals surface area contributed by atoms with Crippen LogP contribution < -0.4 is 10.6 Å². The lowest BCUT2D eigenvalue weighted by molar-refractivity contribution is -0.119. The number of carbonyl (C=O) groups is 1. The van der Waals surface area contributed by atoms with Crippen molar-refractivity contribution in [1.82, 2.24) is 10.6 Å². The summed E-state index contributed by atoms with van der Waals surface area (Å²) in [6.45, 7) is 4.77. The molecule has 1 heterocycles. The van der Waals surface area contributed by atoms with Gasteiger partial charge in [0.25, 0.3) is 0 Å². The highest BCUT2D eigenvalue weighted by Gasteiger charge is 2.14. The molecule has 0 radical (unpaired) electrons. The molecule has 1 aromatic rings. The number of hydrogen-bond acceptors (Lipinski definition) is 3. The Morgan fingerprint density at radius 1 is 1.50 bits per heavy atom. The molecule has 0 aromatic carbocycles. The fourth-order valence-electron chi connectivity index (χ4n) is 1.57. The van der Waals surface area contributed by atoms with Crippen LogP contribution in [0.4, 0.5) is 0 Å². The van der Waals surface area contributed by atoms with Crippen molar-refractivity contribution in [3.05, 3.63) is 22.4 Å². The minimum absolute atomic E-state index is 0.0327. The lowest BCUT2D eigenvalue weighted by atomic mass is 10.0. The zero-order valence-electron chi connectivity index (χ0n) is 10.1. The Balaban J connectivity index is 2.55. The Bertz CT molecular complexity index is 309. The average Bonchev–Trinajstić information content (AvgIpc) is 2.76. The molecule has 1 atom stereocenters. The monoisotopic (exact) mass is 240 g/mol. The van der Waals surface area contributed by atoms with Gasteiger partial charge in [0.2, 0.25) is 5.91 Å². The molecule has 1 unspecified atom stereocenters. The molecule has 4 heteroatoms. The van der Waals surface area contributed by atoms with Gasteiger partial charge >= 0.3 is 0 Å². The van der Waals surface area contributed by atoms with Crippen LogP contribution in [0.2, 0.25) is 0 Å². The number of nitrogens with one attached hydrogen (secondary N) is 2. The van der Waals surface area contributed by atoms with Crippen molar-refractivity contribution < 1.29 is 4.79 Å². The molecule has 0 aliphatic heterocycles. The maximum absolute atomic E-state index is 11.2. The zero-order chi connectivity index (χ0) is 12.0. The topological polar surface area (TPSA) is 41.1 Å². The molecule has 0 bridgehead atoms. The van der Waals surface area contributed by atoms with Crippen LogP contribution in [0.25, 0.3) is 0 Å². The van der Waals surface area contributed by atoms with Crippen LogP contribution in [-0.4, -0.2) is 19.5 Å². The molecule has 0 aliphatic carbocycles. The predicted molar refractivity (Wildman–Crippen MR) is 68.6 cm³/mol. The van der Waals surface area contributed by atoms with Crippen LogP contribution in [0.5, 0.6) is 0 Å². The van der Waals surface area contributed by atoms with Gasteiger partial charge in [0.05, 0.1) is 6.54 Å². The number of thiophene rings is 1. The molecular formula is C12H20N2OS. The SMILES string of the molecule is CNC(=O)CNC(CC(C)C)c1cccs1. The van der Waals surface area contributed by atoms with Gasteiger partial charge in [-0.15, -0.1) is 11.3 Å². The summed E-state index contributed by atoms with van der Waals surface area (Å²) in [6.07, 6.45) is 1.05. The first-order chi connectivity index (χ1) is 7.63. The van der Waals surface area contributed by atoms with E-state index >= 15 is 0 Å². The second-order valence-electron chi connectivity index (χ2n) is 4.25. The standard InChI is InChI=1S/C12H20N2OS/c1-9(2)7-10(11-5-4-6-16-11)14-8-12(15)13-3/h4-6,9-10,14H,7-8H2,1-3H3,(H,13,15). The molecule has 2 N–H and O–H groups in total. The number of rotatable bonds is 6. The Labute approximate surface area is 101 Å². The molecule has 1 aromatic heterocycles. The van der Waals surface area contributed by atoms with E-state index in [4.69, 9.17) is 0 Å². The van der Waals surface area contributed by atoms with Gasteiger partial charge in [0.1, 0.15) is 0 Å². The van der Waals surface area contributed by atoms with Crippen molar-refractivity contribution in [3.8, 4) is 0 Å². The van der Waals surface area contributed by atoms with Gasteiger partial charge in [-0.05, 0) is 23.8 Å². The number of hydrogen-bond donors (Lipinski definition) is 2. The predicted octanol–water partition coefficient (Wildman–Crippen LogP) is 2.17. The van der Waals surface area contributed by atoms with Gasteiger partial charge in [-0.1, -0.05) is 19.9 Å². The summed E-state index contributed by atoms with van der Waals surface area (Å²) < 4.78 is 0. The second-order valence-corrected chi connectivity index (χ2v) is 5.23. The van der Waals surface area contributed by atoms with Gasteiger partial charge in [-0.2, -0.15) is 0 Å². The molecule has 0 saturated heterocycles. The van der Waals surface area contributed by atoms with Crippen molar-refractivity contribution in [3.63, 3.8) is 0 Å². The van der Waals surface area contributed by atoms with E-state index in [1.165, 1.54) is 4.88 Å². The molecular weight excluding hydrogens is 220 g/mol. The third kappa shape index (κ3) is 4.33. The molecule has 90 valence electrons. The van der Waals surface area contributed by atoms with E-state index in [-0.39, 0.29) is 11.9 Å². The summed E-state index contributed by atoms with van der Waals surface area (Å²) in [6, 6.07) is 4.46. The quantitative estimate of drug-likeness (QED) is 0.800. The summed E-state index contributed by atoms with van der Waals surface area (Å²) in [5.74, 6) is 0.648. The van der Waals surface area contributed by atoms with Gasteiger partial charge in [-0.3, -0.25) is 4.79 Å². The van der Waals surface area contributed by atoms with Gasteiger partial charge in [0.15, 0.2) is 0 Å². The molecule has 0 saturated carbocycles. The Morgan fingerprint density at radius 3 is 2.75 bits per heavy atom. The Kier molecular flexibility index (Phi) is 5.49. The normalized spacial score (nSPS) is 12.8. The summed E-state index contributed by atoms with van der Waals surface area (Å²) in [5.41, 5.74) is 0. The molecule has 3 nitrogen and oxygen atoms in total. The van der Waals surface area contributed by atoms with Crippen LogP contribution in [0.3, 0.4) is 0 Å². The third-order valence-electron chi connectivity index (χ3n) is 2.38. The summed E-state index contributed by atoms with van der Waals surface area (Å²) in [4.78, 5) is 12.5. The van der Waals surface area contributed by atoms with Crippen molar-refractivity contribution in [1.29, 1.82) is 0 Å². The third-order valence-corrected chi connectivity index (χ3v) is 3.37. The number of carbonyl (C=O) groups excluding carboxylic acids is 1. The highest BCUT2D eigenvalue weighted by molar-refractivity contribution is 7.10. The molecule has 0 aliphatic rings. The number of amides is 1. The molecule has 0 spiro atoms. The van der Waals surface area contributed by atoms with Crippen LogP contribution in [0, 0.1) is 5.92 Å². The van der Waals surface area contributed by atoms with Crippen LogP contribution in [-0.2, 0) is 4.79 Å². The van der Waals surface area contributed by atoms with Crippen molar-refractivity contribution in [2.45, 2.75) is 26.3 Å². The number of likely N-dealkylation sites (N-methyl/N-ethyl adjacent to an activating group) is 1. The van der Waals surface area contributed by atoms with Gasteiger partial charge in [0, 0.05) is 18.0 Å².